The molecule has 0 fully saturated rings. The molecule has 5 nitrogen and oxygen atoms in total. The average Bonchev–Trinajstić information content (AvgIpc) is 3.23. The highest BCUT2D eigenvalue weighted by Crippen LogP contribution is 2.28. The van der Waals surface area contributed by atoms with Crippen LogP contribution < -0.4 is 5.32 Å². The van der Waals surface area contributed by atoms with Crippen molar-refractivity contribution < 1.29 is 9.18 Å². The molecule has 1 amide bonds. The molecule has 1 N–H and O–H groups in total. The molecule has 0 saturated carbocycles. The Morgan fingerprint density at radius 3 is 2.29 bits per heavy atom. The summed E-state index contributed by atoms with van der Waals surface area (Å²) in [5.74, 6) is 0.399. The minimum Gasteiger partial charge on any atom is -0.349 e. The molecule has 0 aliphatic carbocycles. The fourth-order valence-corrected chi connectivity index (χ4v) is 3.96. The van der Waals surface area contributed by atoms with Gasteiger partial charge < -0.3 is 5.32 Å². The summed E-state index contributed by atoms with van der Waals surface area (Å²) < 4.78 is 15.3. The van der Waals surface area contributed by atoms with Gasteiger partial charge in [-0.3, -0.25) is 9.36 Å². The Bertz CT molecular complexity index is 1150. The highest BCUT2D eigenvalue weighted by molar-refractivity contribution is 7.99. The highest BCUT2D eigenvalue weighted by Gasteiger charge is 2.18. The van der Waals surface area contributed by atoms with Crippen LogP contribution in [0.5, 0.6) is 0 Å². The third-order valence-electron chi connectivity index (χ3n) is 4.76. The average molecular weight is 433 g/mol. The SMILES string of the molecule is CC(NC(=O)CSc1nnc(-c2ccccc2)n1-c1ccc(F)cc1)c1ccccc1. The molecule has 4 aromatic rings. The summed E-state index contributed by atoms with van der Waals surface area (Å²) in [6.45, 7) is 1.95. The van der Waals surface area contributed by atoms with Gasteiger partial charge in [0.15, 0.2) is 11.0 Å². The lowest BCUT2D eigenvalue weighted by atomic mass is 10.1. The molecular formula is C24H21FN4OS. The third kappa shape index (κ3) is 5.00. The van der Waals surface area contributed by atoms with Gasteiger partial charge in [-0.25, -0.2) is 4.39 Å². The zero-order valence-corrected chi connectivity index (χ0v) is 17.7. The van der Waals surface area contributed by atoms with Gasteiger partial charge >= 0.3 is 0 Å². The number of thioether (sulfide) groups is 1. The van der Waals surface area contributed by atoms with E-state index < -0.39 is 0 Å². The monoisotopic (exact) mass is 432 g/mol. The van der Waals surface area contributed by atoms with Crippen molar-refractivity contribution in [1.29, 1.82) is 0 Å². The Kier molecular flexibility index (Phi) is 6.43. The minimum absolute atomic E-state index is 0.0934. The van der Waals surface area contributed by atoms with Crippen LogP contribution in [-0.4, -0.2) is 26.4 Å². The number of aromatic nitrogens is 3. The second kappa shape index (κ2) is 9.57. The van der Waals surface area contributed by atoms with E-state index in [1.54, 1.807) is 12.1 Å². The summed E-state index contributed by atoms with van der Waals surface area (Å²) in [4.78, 5) is 12.5. The van der Waals surface area contributed by atoms with Crippen LogP contribution in [-0.2, 0) is 4.79 Å². The number of rotatable bonds is 7. The summed E-state index contributed by atoms with van der Waals surface area (Å²) in [7, 11) is 0. The van der Waals surface area contributed by atoms with Crippen LogP contribution in [0.15, 0.2) is 90.1 Å². The lowest BCUT2D eigenvalue weighted by Gasteiger charge is -2.14. The van der Waals surface area contributed by atoms with E-state index in [1.807, 2.05) is 72.2 Å². The first kappa shape index (κ1) is 20.8. The molecule has 0 radical (unpaired) electrons. The summed E-state index contributed by atoms with van der Waals surface area (Å²) >= 11 is 1.29. The van der Waals surface area contributed by atoms with Gasteiger partial charge in [-0.15, -0.1) is 10.2 Å². The van der Waals surface area contributed by atoms with Crippen LogP contribution in [0, 0.1) is 5.82 Å². The van der Waals surface area contributed by atoms with Crippen LogP contribution in [0.25, 0.3) is 17.1 Å². The predicted molar refractivity (Wildman–Crippen MR) is 120 cm³/mol. The van der Waals surface area contributed by atoms with E-state index in [1.165, 1.54) is 23.9 Å². The van der Waals surface area contributed by atoms with Crippen LogP contribution >= 0.6 is 11.8 Å². The molecule has 1 aromatic heterocycles. The van der Waals surface area contributed by atoms with Crippen molar-refractivity contribution in [3.05, 3.63) is 96.3 Å². The standard InChI is InChI=1S/C24H21FN4OS/c1-17(18-8-4-2-5-9-18)26-22(30)16-31-24-28-27-23(19-10-6-3-7-11-19)29(24)21-14-12-20(25)13-15-21/h2-15,17H,16H2,1H3,(H,26,30). The molecule has 1 atom stereocenters. The van der Waals surface area contributed by atoms with Crippen molar-refractivity contribution in [3.8, 4) is 17.1 Å². The van der Waals surface area contributed by atoms with Crippen LogP contribution in [0.3, 0.4) is 0 Å². The van der Waals surface area contributed by atoms with Gasteiger partial charge in [-0.1, -0.05) is 72.4 Å². The maximum Gasteiger partial charge on any atom is 0.230 e. The molecular weight excluding hydrogens is 411 g/mol. The van der Waals surface area contributed by atoms with Gasteiger partial charge in [0.2, 0.25) is 5.91 Å². The summed E-state index contributed by atoms with van der Waals surface area (Å²) in [6.07, 6.45) is 0. The van der Waals surface area contributed by atoms with Gasteiger partial charge in [-0.2, -0.15) is 0 Å². The second-order valence-corrected chi connectivity index (χ2v) is 7.92. The van der Waals surface area contributed by atoms with E-state index in [0.717, 1.165) is 16.8 Å². The normalized spacial score (nSPS) is 11.8. The number of benzene rings is 3. The molecule has 1 unspecified atom stereocenters. The first-order valence-electron chi connectivity index (χ1n) is 9.85. The summed E-state index contributed by atoms with van der Waals surface area (Å²) in [6, 6.07) is 25.5. The number of carbonyl (C=O) groups is 1. The Hall–Kier alpha value is -3.45. The summed E-state index contributed by atoms with van der Waals surface area (Å²) in [5.41, 5.74) is 2.65. The molecule has 4 rings (SSSR count). The molecule has 1 heterocycles. The first-order valence-corrected chi connectivity index (χ1v) is 10.8. The van der Waals surface area contributed by atoms with Gasteiger partial charge in [0, 0.05) is 11.3 Å². The number of hydrogen-bond donors (Lipinski definition) is 1. The number of hydrogen-bond acceptors (Lipinski definition) is 4. The fraction of sp³-hybridized carbons (Fsp3) is 0.125. The molecule has 0 aliphatic rings. The third-order valence-corrected chi connectivity index (χ3v) is 5.69. The lowest BCUT2D eigenvalue weighted by Crippen LogP contribution is -2.28. The molecule has 3 aromatic carbocycles. The molecule has 0 saturated heterocycles. The summed E-state index contributed by atoms with van der Waals surface area (Å²) in [5, 5.41) is 12.2. The Labute approximate surface area is 184 Å². The number of amides is 1. The topological polar surface area (TPSA) is 59.8 Å². The van der Waals surface area contributed by atoms with Crippen LogP contribution in [0.4, 0.5) is 4.39 Å². The maximum absolute atomic E-state index is 13.5. The Morgan fingerprint density at radius 2 is 1.61 bits per heavy atom. The van der Waals surface area contributed by atoms with E-state index in [0.29, 0.717) is 11.0 Å². The van der Waals surface area contributed by atoms with Crippen LogP contribution in [0.2, 0.25) is 0 Å². The number of nitrogens with one attached hydrogen (secondary N) is 1. The Balaban J connectivity index is 1.55. The minimum atomic E-state index is -0.318. The number of nitrogens with zero attached hydrogens (tertiary/aromatic N) is 3. The first-order chi connectivity index (χ1) is 15.1. The smallest absolute Gasteiger partial charge is 0.230 e. The molecule has 156 valence electrons. The molecule has 0 bridgehead atoms. The quantitative estimate of drug-likeness (QED) is 0.416. The maximum atomic E-state index is 13.5. The highest BCUT2D eigenvalue weighted by atomic mass is 32.2. The largest absolute Gasteiger partial charge is 0.349 e. The second-order valence-electron chi connectivity index (χ2n) is 6.97. The van der Waals surface area contributed by atoms with E-state index in [9.17, 15) is 9.18 Å². The van der Waals surface area contributed by atoms with Crippen molar-refractivity contribution in [2.75, 3.05) is 5.75 Å². The van der Waals surface area contributed by atoms with E-state index in [2.05, 4.69) is 15.5 Å². The zero-order chi connectivity index (χ0) is 21.6. The van der Waals surface area contributed by atoms with E-state index in [-0.39, 0.29) is 23.5 Å². The zero-order valence-electron chi connectivity index (χ0n) is 16.9. The fourth-order valence-electron chi connectivity index (χ4n) is 3.20. The molecule has 0 spiro atoms. The van der Waals surface area contributed by atoms with Crippen molar-refractivity contribution >= 4 is 17.7 Å². The van der Waals surface area contributed by atoms with Crippen LogP contribution in [0.1, 0.15) is 18.5 Å². The number of carbonyl (C=O) groups excluding carboxylic acids is 1. The van der Waals surface area contributed by atoms with Crippen molar-refractivity contribution in [3.63, 3.8) is 0 Å². The van der Waals surface area contributed by atoms with Crippen molar-refractivity contribution in [1.82, 2.24) is 20.1 Å². The van der Waals surface area contributed by atoms with Crippen molar-refractivity contribution in [2.24, 2.45) is 0 Å². The molecule has 7 heteroatoms. The van der Waals surface area contributed by atoms with Crippen molar-refractivity contribution in [2.45, 2.75) is 18.1 Å². The predicted octanol–water partition coefficient (Wildman–Crippen LogP) is 5.04. The lowest BCUT2D eigenvalue weighted by molar-refractivity contribution is -0.119. The van der Waals surface area contributed by atoms with E-state index >= 15 is 0 Å². The van der Waals surface area contributed by atoms with Gasteiger partial charge in [0.1, 0.15) is 5.82 Å². The molecule has 31 heavy (non-hydrogen) atoms. The van der Waals surface area contributed by atoms with Gasteiger partial charge in [0.05, 0.1) is 11.8 Å². The van der Waals surface area contributed by atoms with Gasteiger partial charge in [0.25, 0.3) is 0 Å². The number of halogens is 1. The van der Waals surface area contributed by atoms with E-state index in [4.69, 9.17) is 0 Å². The van der Waals surface area contributed by atoms with Gasteiger partial charge in [-0.05, 0) is 36.8 Å². The molecule has 0 aliphatic heterocycles. The Morgan fingerprint density at radius 1 is 0.968 bits per heavy atom.